The van der Waals surface area contributed by atoms with Crippen LogP contribution in [0.25, 0.3) is 0 Å². The average Bonchev–Trinajstić information content (AvgIpc) is 3.23. The highest BCUT2D eigenvalue weighted by Gasteiger charge is 2.72. The fourth-order valence-electron chi connectivity index (χ4n) is 14.5. The molecular weight excluding hydrogens is 833 g/mol. The van der Waals surface area contributed by atoms with Crippen molar-refractivity contribution < 1.29 is 78.9 Å². The Morgan fingerprint density at radius 2 is 1.47 bits per heavy atom. The van der Waals surface area contributed by atoms with Crippen LogP contribution in [0.3, 0.4) is 0 Å². The second kappa shape index (κ2) is 17.5. The lowest BCUT2D eigenvalue weighted by Crippen LogP contribution is -2.69. The topological polar surface area (TPSA) is 251 Å². The third-order valence-electron chi connectivity index (χ3n) is 18.5. The van der Waals surface area contributed by atoms with E-state index in [4.69, 9.17) is 28.4 Å². The molecule has 0 amide bonds. The number of rotatable bonds is 9. The van der Waals surface area contributed by atoms with E-state index in [-0.39, 0.29) is 40.6 Å². The van der Waals surface area contributed by atoms with Crippen LogP contribution in [0.5, 0.6) is 0 Å². The van der Waals surface area contributed by atoms with Gasteiger partial charge in [-0.05, 0) is 110 Å². The number of carbonyl (C=O) groups is 2. The van der Waals surface area contributed by atoms with Gasteiger partial charge in [0, 0.05) is 5.57 Å². The molecule has 20 unspecified atom stereocenters. The molecule has 7 rings (SSSR count). The van der Waals surface area contributed by atoms with Gasteiger partial charge in [-0.25, -0.2) is 9.59 Å². The van der Waals surface area contributed by atoms with Crippen molar-refractivity contribution in [3.63, 3.8) is 0 Å². The zero-order chi connectivity index (χ0) is 47.3. The van der Waals surface area contributed by atoms with E-state index in [0.29, 0.717) is 24.8 Å². The number of carbonyl (C=O) groups excluding carboxylic acids is 2. The van der Waals surface area contributed by atoms with Crippen LogP contribution < -0.4 is 0 Å². The highest BCUT2D eigenvalue weighted by molar-refractivity contribution is 5.87. The van der Waals surface area contributed by atoms with Crippen molar-refractivity contribution in [2.75, 3.05) is 20.3 Å². The summed E-state index contributed by atoms with van der Waals surface area (Å²) >= 11 is 0. The molecule has 4 saturated carbocycles. The van der Waals surface area contributed by atoms with Crippen molar-refractivity contribution in [2.45, 2.75) is 193 Å². The van der Waals surface area contributed by atoms with E-state index in [1.807, 2.05) is 0 Å². The number of methoxy groups -OCH3 is 1. The number of hydrogen-bond acceptors (Lipinski definition) is 16. The summed E-state index contributed by atoms with van der Waals surface area (Å²) < 4.78 is 35.2. The van der Waals surface area contributed by atoms with Gasteiger partial charge >= 0.3 is 11.9 Å². The summed E-state index contributed by atoms with van der Waals surface area (Å²) in [6.07, 6.45) is -9.23. The van der Waals surface area contributed by atoms with Gasteiger partial charge in [-0.1, -0.05) is 66.2 Å². The number of fused-ring (bicyclic) bond motifs is 7. The van der Waals surface area contributed by atoms with Crippen molar-refractivity contribution in [2.24, 2.45) is 50.2 Å². The molecule has 16 heteroatoms. The van der Waals surface area contributed by atoms with Gasteiger partial charge in [0.05, 0.1) is 37.9 Å². The van der Waals surface area contributed by atoms with Crippen LogP contribution in [-0.4, -0.2) is 153 Å². The molecule has 64 heavy (non-hydrogen) atoms. The fraction of sp³-hybridized carbons (Fsp3) is 0.875. The Morgan fingerprint density at radius 3 is 2.09 bits per heavy atom. The predicted molar refractivity (Wildman–Crippen MR) is 228 cm³/mol. The molecule has 0 aromatic carbocycles. The van der Waals surface area contributed by atoms with E-state index >= 15 is 0 Å². The largest absolute Gasteiger partial charge is 0.467 e. The van der Waals surface area contributed by atoms with E-state index in [2.05, 4.69) is 54.5 Å². The molecule has 0 radical (unpaired) electrons. The lowest BCUT2D eigenvalue weighted by molar-refractivity contribution is -0.365. The summed E-state index contributed by atoms with van der Waals surface area (Å²) in [7, 11) is 1.12. The maximum Gasteiger partial charge on any atom is 0.337 e. The second-order valence-corrected chi connectivity index (χ2v) is 22.5. The third kappa shape index (κ3) is 7.56. The van der Waals surface area contributed by atoms with Crippen molar-refractivity contribution in [3.8, 4) is 0 Å². The molecule has 20 atom stereocenters. The van der Waals surface area contributed by atoms with E-state index in [1.165, 1.54) is 5.57 Å². The quantitative estimate of drug-likeness (QED) is 0.0716. The van der Waals surface area contributed by atoms with Gasteiger partial charge in [0.15, 0.2) is 18.7 Å². The van der Waals surface area contributed by atoms with Crippen LogP contribution in [0.4, 0.5) is 0 Å². The summed E-state index contributed by atoms with van der Waals surface area (Å²) in [6, 6.07) is 0. The Kier molecular flexibility index (Phi) is 13.6. The Bertz CT molecular complexity index is 1810. The number of esters is 2. The number of hydrogen-bond donors (Lipinski definition) is 8. The Hall–Kier alpha value is -2.06. The Balaban J connectivity index is 1.15. The molecule has 2 heterocycles. The SMILES string of the molecule is CC=C(C)C(=O)OC1CC(C)(C)CC2C3=CCC4C5(C)CCC(OC6OC(C(=O)OC)C(O)C(OC7OC(CO)C(O)C(O)C7O)C6O)C(C)(C)C5CCC4(C)C3(C)CC(O)C12CO. The Morgan fingerprint density at radius 1 is 0.797 bits per heavy atom. The molecule has 0 aromatic heterocycles. The molecule has 7 aliphatic rings. The number of aliphatic hydroxyl groups is 8. The molecule has 2 aliphatic heterocycles. The van der Waals surface area contributed by atoms with E-state index in [1.54, 1.807) is 19.9 Å². The fourth-order valence-corrected chi connectivity index (χ4v) is 14.5. The first kappa shape index (κ1) is 49.8. The lowest BCUT2D eigenvalue weighted by atomic mass is 9.33. The minimum absolute atomic E-state index is 0.122. The normalized spacial score (nSPS) is 49.8. The van der Waals surface area contributed by atoms with Gasteiger partial charge in [0.25, 0.3) is 0 Å². The molecule has 0 spiro atoms. The van der Waals surface area contributed by atoms with Crippen molar-refractivity contribution in [1.29, 1.82) is 0 Å². The molecule has 0 bridgehead atoms. The molecule has 16 nitrogen and oxygen atoms in total. The zero-order valence-corrected chi connectivity index (χ0v) is 39.3. The van der Waals surface area contributed by atoms with E-state index < -0.39 is 115 Å². The minimum atomic E-state index is -1.84. The predicted octanol–water partition coefficient (Wildman–Crippen LogP) is 2.43. The summed E-state index contributed by atoms with van der Waals surface area (Å²) in [5.74, 6) is -1.27. The van der Waals surface area contributed by atoms with Crippen LogP contribution in [0, 0.1) is 50.2 Å². The lowest BCUT2D eigenvalue weighted by Gasteiger charge is -2.72. The molecule has 2 saturated heterocycles. The smallest absolute Gasteiger partial charge is 0.337 e. The maximum atomic E-state index is 13.3. The number of aliphatic hydroxyl groups excluding tert-OH is 8. The van der Waals surface area contributed by atoms with Crippen LogP contribution in [0.15, 0.2) is 23.3 Å². The van der Waals surface area contributed by atoms with Crippen molar-refractivity contribution >= 4 is 11.9 Å². The highest BCUT2D eigenvalue weighted by atomic mass is 16.7. The van der Waals surface area contributed by atoms with Crippen molar-refractivity contribution in [1.82, 2.24) is 0 Å². The number of ether oxygens (including phenoxy) is 6. The molecule has 6 fully saturated rings. The van der Waals surface area contributed by atoms with E-state index in [0.717, 1.165) is 39.2 Å². The summed E-state index contributed by atoms with van der Waals surface area (Å²) in [5.41, 5.74) is -0.905. The second-order valence-electron chi connectivity index (χ2n) is 22.5. The third-order valence-corrected chi connectivity index (χ3v) is 18.5. The minimum Gasteiger partial charge on any atom is -0.467 e. The first-order chi connectivity index (χ1) is 29.8. The summed E-state index contributed by atoms with van der Waals surface area (Å²) in [6.45, 7) is 18.2. The molecule has 0 aromatic rings. The molecule has 5 aliphatic carbocycles. The van der Waals surface area contributed by atoms with Gasteiger partial charge in [-0.3, -0.25) is 0 Å². The summed E-state index contributed by atoms with van der Waals surface area (Å²) in [5, 5.41) is 88.1. The number of allylic oxidation sites excluding steroid dienone is 3. The van der Waals surface area contributed by atoms with Crippen LogP contribution in [0.2, 0.25) is 0 Å². The standard InChI is InChI=1S/C48H76O16/c1-11-23(2)39(57)61-31-20-43(3,4)18-25-24-12-13-28-45(7)16-15-30(44(5,6)27(45)14-17-46(28,8)47(24,9)19-29(51)48(25,31)22-50)62-42-36(56)37(35(55)38(64-42)40(58)59-10)63-41-34(54)33(53)32(52)26(21-49)60-41/h11-12,25-38,41-42,49-56H,13-22H2,1-10H3. The zero-order valence-electron chi connectivity index (χ0n) is 39.3. The van der Waals surface area contributed by atoms with Gasteiger partial charge in [0.1, 0.15) is 48.8 Å². The van der Waals surface area contributed by atoms with Crippen LogP contribution >= 0.6 is 0 Å². The highest BCUT2D eigenvalue weighted by Crippen LogP contribution is 2.76. The average molecular weight is 909 g/mol. The molecule has 364 valence electrons. The summed E-state index contributed by atoms with van der Waals surface area (Å²) in [4.78, 5) is 26.3. The van der Waals surface area contributed by atoms with E-state index in [9.17, 15) is 50.4 Å². The first-order valence-corrected chi connectivity index (χ1v) is 23.4. The van der Waals surface area contributed by atoms with Crippen LogP contribution in [-0.2, 0) is 38.0 Å². The first-order valence-electron chi connectivity index (χ1n) is 23.4. The molecule has 8 N–H and O–H groups in total. The Labute approximate surface area is 377 Å². The van der Waals surface area contributed by atoms with Gasteiger partial charge in [-0.2, -0.15) is 0 Å². The van der Waals surface area contributed by atoms with Gasteiger partial charge < -0.3 is 69.3 Å². The van der Waals surface area contributed by atoms with Gasteiger partial charge in [0.2, 0.25) is 0 Å². The van der Waals surface area contributed by atoms with Gasteiger partial charge in [-0.15, -0.1) is 0 Å². The monoisotopic (exact) mass is 909 g/mol. The maximum absolute atomic E-state index is 13.3. The van der Waals surface area contributed by atoms with Crippen LogP contribution in [0.1, 0.15) is 114 Å². The molecular formula is C48H76O16. The van der Waals surface area contributed by atoms with Crippen molar-refractivity contribution in [3.05, 3.63) is 23.3 Å².